The van der Waals surface area contributed by atoms with E-state index in [9.17, 15) is 41.0 Å². The van der Waals surface area contributed by atoms with Crippen molar-refractivity contribution >= 4 is 23.7 Å². The standard InChI is InChI=1S/C17H8F6O5S/c18-15(19,13(24)25)17(22,23)16(20,21)14(26)27-8-5-6-12-10(7-8)28-9-3-1-2-4-11(9)29-12/h1-7H,(H,24,25)/p-1. The maximum atomic E-state index is 13.6. The number of ether oxygens (including phenoxy) is 2. The first-order chi connectivity index (χ1) is 13.4. The van der Waals surface area contributed by atoms with Crippen molar-refractivity contribution in [1.82, 2.24) is 0 Å². The quantitative estimate of drug-likeness (QED) is 0.346. The fourth-order valence-electron chi connectivity index (χ4n) is 2.20. The number of hydrogen-bond donors (Lipinski definition) is 0. The second-order valence-electron chi connectivity index (χ2n) is 5.66. The van der Waals surface area contributed by atoms with Crippen molar-refractivity contribution in [3.05, 3.63) is 42.5 Å². The van der Waals surface area contributed by atoms with Crippen LogP contribution in [0.25, 0.3) is 0 Å². The molecular formula is C17H7F6O5S-. The molecule has 2 aromatic carbocycles. The number of fused-ring (bicyclic) bond motifs is 2. The van der Waals surface area contributed by atoms with Gasteiger partial charge in [0.2, 0.25) is 0 Å². The van der Waals surface area contributed by atoms with E-state index in [1.54, 1.807) is 24.3 Å². The molecule has 0 radical (unpaired) electrons. The number of carbonyl (C=O) groups is 2. The van der Waals surface area contributed by atoms with Crippen molar-refractivity contribution in [2.45, 2.75) is 27.6 Å². The Morgan fingerprint density at radius 1 is 0.897 bits per heavy atom. The Kier molecular flexibility index (Phi) is 4.93. The monoisotopic (exact) mass is 437 g/mol. The molecule has 12 heteroatoms. The smallest absolute Gasteiger partial charge is 0.411 e. The predicted octanol–water partition coefficient (Wildman–Crippen LogP) is 3.50. The van der Waals surface area contributed by atoms with Crippen LogP contribution >= 0.6 is 11.8 Å². The van der Waals surface area contributed by atoms with Gasteiger partial charge in [-0.3, -0.25) is 0 Å². The highest BCUT2D eigenvalue weighted by Gasteiger charge is 2.76. The van der Waals surface area contributed by atoms with E-state index in [1.165, 1.54) is 17.8 Å². The number of carboxylic acid groups (broad SMARTS) is 1. The summed E-state index contributed by atoms with van der Waals surface area (Å²) in [7, 11) is 0. The summed E-state index contributed by atoms with van der Waals surface area (Å²) in [5.41, 5.74) is 0. The molecule has 0 bridgehead atoms. The van der Waals surface area contributed by atoms with Gasteiger partial charge in [0, 0.05) is 6.07 Å². The van der Waals surface area contributed by atoms with Gasteiger partial charge in [-0.15, -0.1) is 0 Å². The SMILES string of the molecule is O=C([O-])C(F)(F)C(F)(F)C(F)(F)C(=O)Oc1ccc2c(c1)Oc1ccccc1S2. The number of aliphatic carboxylic acids is 1. The molecule has 0 fully saturated rings. The van der Waals surface area contributed by atoms with Crippen LogP contribution in [0.2, 0.25) is 0 Å². The Bertz CT molecular complexity index is 994. The normalized spacial score (nSPS) is 13.7. The van der Waals surface area contributed by atoms with E-state index in [1.807, 2.05) is 0 Å². The molecule has 1 aliphatic heterocycles. The van der Waals surface area contributed by atoms with Crippen LogP contribution in [-0.4, -0.2) is 29.7 Å². The van der Waals surface area contributed by atoms with Gasteiger partial charge in [0.1, 0.15) is 23.2 Å². The molecule has 0 amide bonds. The largest absolute Gasteiger partial charge is 0.544 e. The molecule has 0 saturated heterocycles. The fourth-order valence-corrected chi connectivity index (χ4v) is 3.13. The van der Waals surface area contributed by atoms with E-state index in [0.717, 1.165) is 17.0 Å². The van der Waals surface area contributed by atoms with Crippen LogP contribution in [0, 0.1) is 0 Å². The lowest BCUT2D eigenvalue weighted by atomic mass is 10.0. The number of para-hydroxylation sites is 1. The first-order valence-electron chi connectivity index (χ1n) is 7.54. The van der Waals surface area contributed by atoms with Crippen LogP contribution in [0.1, 0.15) is 0 Å². The van der Waals surface area contributed by atoms with Crippen LogP contribution < -0.4 is 14.6 Å². The average molecular weight is 437 g/mol. The summed E-state index contributed by atoms with van der Waals surface area (Å²) in [6, 6.07) is 9.84. The summed E-state index contributed by atoms with van der Waals surface area (Å²) in [5.74, 6) is -26.2. The molecule has 0 atom stereocenters. The average Bonchev–Trinajstić information content (AvgIpc) is 2.65. The molecule has 2 aromatic rings. The van der Waals surface area contributed by atoms with Gasteiger partial charge in [0.05, 0.1) is 9.79 Å². The van der Waals surface area contributed by atoms with Crippen LogP contribution in [0.5, 0.6) is 17.2 Å². The zero-order chi connectivity index (χ0) is 21.6. The number of halogens is 6. The minimum absolute atomic E-state index is 0.0362. The summed E-state index contributed by atoms with van der Waals surface area (Å²) in [4.78, 5) is 22.8. The highest BCUT2D eigenvalue weighted by molar-refractivity contribution is 7.99. The van der Waals surface area contributed by atoms with Gasteiger partial charge < -0.3 is 19.4 Å². The van der Waals surface area contributed by atoms with E-state index in [-0.39, 0.29) is 5.75 Å². The number of carbonyl (C=O) groups excluding carboxylic acids is 2. The number of benzene rings is 2. The van der Waals surface area contributed by atoms with Gasteiger partial charge >= 0.3 is 23.7 Å². The number of alkyl halides is 6. The summed E-state index contributed by atoms with van der Waals surface area (Å²) >= 11 is 1.22. The van der Waals surface area contributed by atoms with Crippen molar-refractivity contribution in [3.63, 3.8) is 0 Å². The first-order valence-corrected chi connectivity index (χ1v) is 8.35. The minimum atomic E-state index is -6.60. The summed E-state index contributed by atoms with van der Waals surface area (Å²) in [5, 5.41) is 10.1. The summed E-state index contributed by atoms with van der Waals surface area (Å²) in [6.07, 6.45) is 0. The third kappa shape index (κ3) is 3.37. The summed E-state index contributed by atoms with van der Waals surface area (Å²) < 4.78 is 89.5. The zero-order valence-corrected chi connectivity index (χ0v) is 14.6. The maximum Gasteiger partial charge on any atom is 0.411 e. The molecule has 0 unspecified atom stereocenters. The van der Waals surface area contributed by atoms with E-state index >= 15 is 0 Å². The topological polar surface area (TPSA) is 75.7 Å². The molecule has 0 N–H and O–H groups in total. The molecule has 3 rings (SSSR count). The Hall–Kier alpha value is -2.89. The van der Waals surface area contributed by atoms with E-state index < -0.39 is 35.5 Å². The predicted molar refractivity (Wildman–Crippen MR) is 82.6 cm³/mol. The van der Waals surface area contributed by atoms with E-state index in [0.29, 0.717) is 10.6 Å². The van der Waals surface area contributed by atoms with Crippen molar-refractivity contribution in [1.29, 1.82) is 0 Å². The molecule has 1 heterocycles. The highest BCUT2D eigenvalue weighted by Crippen LogP contribution is 2.49. The van der Waals surface area contributed by atoms with Crippen LogP contribution in [0.4, 0.5) is 26.3 Å². The Morgan fingerprint density at radius 3 is 2.17 bits per heavy atom. The minimum Gasteiger partial charge on any atom is -0.544 e. The molecule has 0 aromatic heterocycles. The number of esters is 1. The van der Waals surface area contributed by atoms with Gasteiger partial charge in [-0.25, -0.2) is 4.79 Å². The Labute approximate surface area is 162 Å². The number of hydrogen-bond acceptors (Lipinski definition) is 6. The molecule has 0 saturated carbocycles. The van der Waals surface area contributed by atoms with Gasteiger partial charge in [-0.05, 0) is 24.3 Å². The lowest BCUT2D eigenvalue weighted by Crippen LogP contribution is -2.64. The highest BCUT2D eigenvalue weighted by atomic mass is 32.2. The lowest BCUT2D eigenvalue weighted by Gasteiger charge is -2.31. The van der Waals surface area contributed by atoms with Crippen LogP contribution in [0.3, 0.4) is 0 Å². The number of rotatable bonds is 5. The van der Waals surface area contributed by atoms with Crippen LogP contribution in [0.15, 0.2) is 52.3 Å². The van der Waals surface area contributed by atoms with E-state index in [2.05, 4.69) is 4.74 Å². The third-order valence-corrected chi connectivity index (χ3v) is 4.83. The summed E-state index contributed by atoms with van der Waals surface area (Å²) in [6.45, 7) is 0. The van der Waals surface area contributed by atoms with Gasteiger partial charge in [-0.2, -0.15) is 26.3 Å². The second kappa shape index (κ2) is 6.87. The molecular weight excluding hydrogens is 430 g/mol. The van der Waals surface area contributed by atoms with Crippen molar-refractivity contribution in [2.75, 3.05) is 0 Å². The molecule has 1 aliphatic rings. The van der Waals surface area contributed by atoms with Crippen molar-refractivity contribution in [2.24, 2.45) is 0 Å². The number of carboxylic acids is 1. The van der Waals surface area contributed by atoms with Crippen LogP contribution in [-0.2, 0) is 9.59 Å². The Balaban J connectivity index is 1.84. The van der Waals surface area contributed by atoms with Crippen molar-refractivity contribution < 1.29 is 50.5 Å². The molecule has 29 heavy (non-hydrogen) atoms. The molecule has 5 nitrogen and oxygen atoms in total. The fraction of sp³-hybridized carbons (Fsp3) is 0.176. The van der Waals surface area contributed by atoms with Crippen molar-refractivity contribution in [3.8, 4) is 17.2 Å². The van der Waals surface area contributed by atoms with Gasteiger partial charge in [0.25, 0.3) is 0 Å². The lowest BCUT2D eigenvalue weighted by molar-refractivity contribution is -0.365. The molecule has 0 spiro atoms. The van der Waals surface area contributed by atoms with Gasteiger partial charge in [-0.1, -0.05) is 23.9 Å². The third-order valence-electron chi connectivity index (χ3n) is 3.72. The first kappa shape index (κ1) is 20.8. The van der Waals surface area contributed by atoms with Gasteiger partial charge in [0.15, 0.2) is 0 Å². The Morgan fingerprint density at radius 2 is 1.52 bits per heavy atom. The maximum absolute atomic E-state index is 13.6. The second-order valence-corrected chi connectivity index (χ2v) is 6.74. The van der Waals surface area contributed by atoms with E-state index in [4.69, 9.17) is 4.74 Å². The zero-order valence-electron chi connectivity index (χ0n) is 13.8. The molecule has 154 valence electrons. The molecule has 0 aliphatic carbocycles.